The van der Waals surface area contributed by atoms with Crippen molar-refractivity contribution in [3.8, 4) is 0 Å². The number of thioether (sulfide) groups is 1. The van der Waals surface area contributed by atoms with E-state index >= 15 is 0 Å². The van der Waals surface area contributed by atoms with Crippen LogP contribution in [-0.4, -0.2) is 63.6 Å². The zero-order valence-corrected chi connectivity index (χ0v) is 20.5. The lowest BCUT2D eigenvalue weighted by Crippen LogP contribution is -2.47. The molecule has 0 spiro atoms. The van der Waals surface area contributed by atoms with E-state index in [0.29, 0.717) is 24.3 Å². The largest absolute Gasteiger partial charge is 0.343 e. The van der Waals surface area contributed by atoms with E-state index in [1.165, 1.54) is 16.9 Å². The van der Waals surface area contributed by atoms with Gasteiger partial charge in [-0.25, -0.2) is 4.98 Å². The van der Waals surface area contributed by atoms with Crippen molar-refractivity contribution in [2.75, 3.05) is 25.9 Å². The van der Waals surface area contributed by atoms with Gasteiger partial charge in [-0.15, -0.1) is 11.3 Å². The van der Waals surface area contributed by atoms with Gasteiger partial charge in [-0.05, 0) is 57.9 Å². The fraction of sp³-hybridized carbons (Fsp3) is 0.696. The number of nitrogens with one attached hydrogen (secondary N) is 1. The maximum absolute atomic E-state index is 12.6. The van der Waals surface area contributed by atoms with Gasteiger partial charge in [-0.2, -0.15) is 11.8 Å². The summed E-state index contributed by atoms with van der Waals surface area (Å²) in [5, 5.41) is 0.814. The molecule has 1 aliphatic heterocycles. The summed E-state index contributed by atoms with van der Waals surface area (Å²) in [5.41, 5.74) is 1.23. The van der Waals surface area contributed by atoms with E-state index in [2.05, 4.69) is 23.7 Å². The van der Waals surface area contributed by atoms with Crippen LogP contribution in [0.1, 0.15) is 62.2 Å². The number of rotatable bonds is 7. The summed E-state index contributed by atoms with van der Waals surface area (Å²) in [6, 6.07) is 0.940. The molecule has 0 saturated carbocycles. The predicted octanol–water partition coefficient (Wildman–Crippen LogP) is 3.82. The Morgan fingerprint density at radius 3 is 2.77 bits per heavy atom. The topological polar surface area (TPSA) is 69.3 Å². The van der Waals surface area contributed by atoms with Crippen molar-refractivity contribution in [3.63, 3.8) is 0 Å². The Bertz CT molecular complexity index is 976. The highest BCUT2D eigenvalue weighted by Crippen LogP contribution is 2.33. The smallest absolute Gasteiger partial charge is 0.259 e. The second kappa shape index (κ2) is 10.0. The summed E-state index contributed by atoms with van der Waals surface area (Å²) in [5.74, 6) is 2.33. The molecule has 0 atom stereocenters. The average Bonchev–Trinajstić information content (AvgIpc) is 3.15. The van der Waals surface area contributed by atoms with Crippen LogP contribution in [0.5, 0.6) is 0 Å². The Morgan fingerprint density at radius 1 is 1.29 bits per heavy atom. The van der Waals surface area contributed by atoms with E-state index in [-0.39, 0.29) is 11.5 Å². The highest BCUT2D eigenvalue weighted by atomic mass is 32.2. The molecular weight excluding hydrogens is 428 g/mol. The SMILES string of the molecule is CC(C)N1CCC(N(C)C(=O)CCSCc2nc3sc4c(c3c(=O)[nH]2)CCCC4)CC1. The van der Waals surface area contributed by atoms with Crippen molar-refractivity contribution in [2.24, 2.45) is 0 Å². The van der Waals surface area contributed by atoms with Gasteiger partial charge < -0.3 is 14.8 Å². The number of aromatic nitrogens is 2. The second-order valence-electron chi connectivity index (χ2n) is 9.07. The molecule has 1 saturated heterocycles. The van der Waals surface area contributed by atoms with E-state index < -0.39 is 0 Å². The summed E-state index contributed by atoms with van der Waals surface area (Å²) in [4.78, 5) is 39.7. The van der Waals surface area contributed by atoms with Crippen molar-refractivity contribution >= 4 is 39.2 Å². The molecule has 0 unspecified atom stereocenters. The first-order chi connectivity index (χ1) is 14.9. The Morgan fingerprint density at radius 2 is 2.03 bits per heavy atom. The van der Waals surface area contributed by atoms with Crippen LogP contribution in [0.3, 0.4) is 0 Å². The van der Waals surface area contributed by atoms with Crippen LogP contribution in [0.4, 0.5) is 0 Å². The van der Waals surface area contributed by atoms with Crippen LogP contribution >= 0.6 is 23.1 Å². The minimum Gasteiger partial charge on any atom is -0.343 e. The Hall–Kier alpha value is -1.38. The number of nitrogens with zero attached hydrogens (tertiary/aromatic N) is 3. The molecule has 31 heavy (non-hydrogen) atoms. The Kier molecular flexibility index (Phi) is 7.39. The maximum Gasteiger partial charge on any atom is 0.259 e. The van der Waals surface area contributed by atoms with E-state index in [1.54, 1.807) is 23.1 Å². The Labute approximate surface area is 192 Å². The monoisotopic (exact) mass is 462 g/mol. The van der Waals surface area contributed by atoms with Crippen molar-refractivity contribution < 1.29 is 4.79 Å². The summed E-state index contributed by atoms with van der Waals surface area (Å²) in [6.07, 6.45) is 7.10. The van der Waals surface area contributed by atoms with E-state index in [9.17, 15) is 9.59 Å². The summed E-state index contributed by atoms with van der Waals surface area (Å²) in [6.45, 7) is 6.61. The fourth-order valence-corrected chi connectivity index (χ4v) is 6.85. The number of amides is 1. The average molecular weight is 463 g/mol. The fourth-order valence-electron chi connectivity index (χ4n) is 4.77. The van der Waals surface area contributed by atoms with Crippen LogP contribution in [0, 0.1) is 0 Å². The first-order valence-corrected chi connectivity index (χ1v) is 13.5. The number of carbonyl (C=O) groups excluding carboxylic acids is 1. The number of likely N-dealkylation sites (tertiary alicyclic amines) is 1. The van der Waals surface area contributed by atoms with Gasteiger partial charge in [-0.1, -0.05) is 0 Å². The molecule has 0 bridgehead atoms. The minimum atomic E-state index is 0.00329. The molecule has 2 aliphatic rings. The third-order valence-electron chi connectivity index (χ3n) is 6.74. The molecule has 1 N–H and O–H groups in total. The number of aryl methyl sites for hydroxylation is 2. The maximum atomic E-state index is 12.6. The molecule has 1 fully saturated rings. The Balaban J connectivity index is 1.26. The molecule has 2 aromatic rings. The third-order valence-corrected chi connectivity index (χ3v) is 8.90. The lowest BCUT2D eigenvalue weighted by atomic mass is 9.97. The van der Waals surface area contributed by atoms with Gasteiger partial charge in [0.2, 0.25) is 5.91 Å². The van der Waals surface area contributed by atoms with Crippen LogP contribution in [0.2, 0.25) is 0 Å². The predicted molar refractivity (Wildman–Crippen MR) is 130 cm³/mol. The minimum absolute atomic E-state index is 0.00329. The summed E-state index contributed by atoms with van der Waals surface area (Å²) >= 11 is 3.36. The van der Waals surface area contributed by atoms with E-state index in [4.69, 9.17) is 4.98 Å². The number of fused-ring (bicyclic) bond motifs is 3. The van der Waals surface area contributed by atoms with Gasteiger partial charge in [0.25, 0.3) is 5.56 Å². The highest BCUT2D eigenvalue weighted by molar-refractivity contribution is 7.98. The quantitative estimate of drug-likeness (QED) is 0.634. The van der Waals surface area contributed by atoms with Crippen molar-refractivity contribution in [1.82, 2.24) is 19.8 Å². The molecule has 6 nitrogen and oxygen atoms in total. The van der Waals surface area contributed by atoms with Gasteiger partial charge >= 0.3 is 0 Å². The van der Waals surface area contributed by atoms with Crippen LogP contribution in [-0.2, 0) is 23.4 Å². The summed E-state index contributed by atoms with van der Waals surface area (Å²) in [7, 11) is 1.95. The van der Waals surface area contributed by atoms with Gasteiger partial charge in [0, 0.05) is 49.3 Å². The molecule has 4 rings (SSSR count). The van der Waals surface area contributed by atoms with Crippen molar-refractivity contribution in [2.45, 2.75) is 76.6 Å². The standard InChI is InChI=1S/C23H34N4O2S2/c1-15(2)27-11-8-16(9-12-27)26(3)20(28)10-13-30-14-19-24-22(29)21-17-6-4-5-7-18(17)31-23(21)25-19/h15-16H,4-14H2,1-3H3,(H,24,25,29). The number of hydrogen-bond acceptors (Lipinski definition) is 6. The first kappa shape index (κ1) is 22.8. The van der Waals surface area contributed by atoms with Crippen molar-refractivity contribution in [1.29, 1.82) is 0 Å². The third kappa shape index (κ3) is 5.17. The van der Waals surface area contributed by atoms with E-state index in [0.717, 1.165) is 67.0 Å². The molecule has 8 heteroatoms. The lowest BCUT2D eigenvalue weighted by Gasteiger charge is -2.38. The van der Waals surface area contributed by atoms with Crippen LogP contribution in [0.15, 0.2) is 4.79 Å². The number of H-pyrrole nitrogens is 1. The van der Waals surface area contributed by atoms with Crippen LogP contribution < -0.4 is 5.56 Å². The number of hydrogen-bond donors (Lipinski definition) is 1. The van der Waals surface area contributed by atoms with Crippen LogP contribution in [0.25, 0.3) is 10.2 Å². The molecule has 1 amide bonds. The number of piperidine rings is 1. The zero-order chi connectivity index (χ0) is 22.0. The number of carbonyl (C=O) groups is 1. The molecule has 3 heterocycles. The van der Waals surface area contributed by atoms with Gasteiger partial charge in [0.1, 0.15) is 10.7 Å². The summed E-state index contributed by atoms with van der Waals surface area (Å²) < 4.78 is 0. The molecule has 1 aliphatic carbocycles. The molecule has 0 aromatic carbocycles. The highest BCUT2D eigenvalue weighted by Gasteiger charge is 2.26. The van der Waals surface area contributed by atoms with E-state index in [1.807, 2.05) is 11.9 Å². The molecule has 170 valence electrons. The number of thiophene rings is 1. The lowest BCUT2D eigenvalue weighted by molar-refractivity contribution is -0.132. The first-order valence-electron chi connectivity index (χ1n) is 11.5. The molecule has 2 aromatic heterocycles. The van der Waals surface area contributed by atoms with Gasteiger partial charge in [-0.3, -0.25) is 9.59 Å². The molecule has 0 radical (unpaired) electrons. The van der Waals surface area contributed by atoms with Gasteiger partial charge in [0.15, 0.2) is 0 Å². The second-order valence-corrected chi connectivity index (χ2v) is 11.3. The molecular formula is C23H34N4O2S2. The normalized spacial score (nSPS) is 17.9. The van der Waals surface area contributed by atoms with Gasteiger partial charge in [0.05, 0.1) is 11.1 Å². The number of aromatic amines is 1. The van der Waals surface area contributed by atoms with Crippen molar-refractivity contribution in [3.05, 3.63) is 26.6 Å². The zero-order valence-electron chi connectivity index (χ0n) is 18.9.